The fourth-order valence-electron chi connectivity index (χ4n) is 2.21. The lowest BCUT2D eigenvalue weighted by molar-refractivity contribution is 0.178. The maximum atomic E-state index is 10.2. The summed E-state index contributed by atoms with van der Waals surface area (Å²) in [5, 5.41) is 10.2. The van der Waals surface area contributed by atoms with E-state index in [0.717, 1.165) is 10.0 Å². The summed E-state index contributed by atoms with van der Waals surface area (Å²) in [5.74, 6) is 0. The van der Waals surface area contributed by atoms with Crippen LogP contribution in [-0.2, 0) is 6.42 Å². The van der Waals surface area contributed by atoms with Crippen molar-refractivity contribution in [2.75, 3.05) is 0 Å². The minimum absolute atomic E-state index is 0.445. The third-order valence-electron chi connectivity index (χ3n) is 2.97. The summed E-state index contributed by atoms with van der Waals surface area (Å²) in [7, 11) is 0. The molecule has 0 heterocycles. The molecule has 0 aliphatic heterocycles. The van der Waals surface area contributed by atoms with Gasteiger partial charge in [-0.25, -0.2) is 0 Å². The molecule has 0 amide bonds. The van der Waals surface area contributed by atoms with Crippen molar-refractivity contribution in [2.45, 2.75) is 26.4 Å². The minimum atomic E-state index is -0.445. The minimum Gasteiger partial charge on any atom is -0.388 e. The average molecular weight is 305 g/mol. The molecule has 0 aromatic heterocycles. The molecule has 94 valence electrons. The highest BCUT2D eigenvalue weighted by Gasteiger charge is 2.09. The first-order valence-electron chi connectivity index (χ1n) is 6.05. The predicted octanol–water partition coefficient (Wildman–Crippen LogP) is 4.34. The van der Waals surface area contributed by atoms with Crippen molar-refractivity contribution in [2.24, 2.45) is 0 Å². The second-order valence-electron chi connectivity index (χ2n) is 4.77. The third kappa shape index (κ3) is 3.44. The van der Waals surface area contributed by atoms with E-state index in [4.69, 9.17) is 0 Å². The summed E-state index contributed by atoms with van der Waals surface area (Å²) in [4.78, 5) is 0. The summed E-state index contributed by atoms with van der Waals surface area (Å²) in [6, 6.07) is 14.2. The molecule has 0 bridgehead atoms. The molecule has 1 nitrogen and oxygen atoms in total. The van der Waals surface area contributed by atoms with E-state index >= 15 is 0 Å². The highest BCUT2D eigenvalue weighted by Crippen LogP contribution is 2.21. The zero-order chi connectivity index (χ0) is 13.1. The molecule has 1 N–H and O–H groups in total. The van der Waals surface area contributed by atoms with Crippen molar-refractivity contribution in [3.05, 3.63) is 69.2 Å². The van der Waals surface area contributed by atoms with Crippen LogP contribution in [0, 0.1) is 13.8 Å². The van der Waals surface area contributed by atoms with E-state index < -0.39 is 6.10 Å². The number of hydrogen-bond donors (Lipinski definition) is 1. The zero-order valence-corrected chi connectivity index (χ0v) is 12.2. The Hall–Kier alpha value is -1.12. The van der Waals surface area contributed by atoms with E-state index in [-0.39, 0.29) is 0 Å². The Morgan fingerprint density at radius 1 is 1.00 bits per heavy atom. The average Bonchev–Trinajstić information content (AvgIpc) is 2.28. The normalized spacial score (nSPS) is 12.4. The van der Waals surface area contributed by atoms with E-state index in [2.05, 4.69) is 48.0 Å². The third-order valence-corrected chi connectivity index (χ3v) is 3.49. The molecule has 1 atom stereocenters. The standard InChI is InChI=1S/C16H17BrO/c1-11-7-12(2)9-13(8-11)10-16(18)14-3-5-15(17)6-4-14/h3-9,16,18H,10H2,1-2H3. The van der Waals surface area contributed by atoms with Crippen LogP contribution in [0.2, 0.25) is 0 Å². The molecule has 0 aliphatic rings. The van der Waals surface area contributed by atoms with Gasteiger partial charge in [-0.15, -0.1) is 0 Å². The van der Waals surface area contributed by atoms with Crippen molar-refractivity contribution < 1.29 is 5.11 Å². The van der Waals surface area contributed by atoms with Crippen LogP contribution in [-0.4, -0.2) is 5.11 Å². The zero-order valence-electron chi connectivity index (χ0n) is 10.7. The van der Waals surface area contributed by atoms with Crippen LogP contribution in [0.5, 0.6) is 0 Å². The van der Waals surface area contributed by atoms with Crippen molar-refractivity contribution in [3.63, 3.8) is 0 Å². The smallest absolute Gasteiger partial charge is 0.0830 e. The van der Waals surface area contributed by atoms with Gasteiger partial charge in [0.15, 0.2) is 0 Å². The van der Waals surface area contributed by atoms with E-state index in [9.17, 15) is 5.11 Å². The van der Waals surface area contributed by atoms with Crippen molar-refractivity contribution in [1.82, 2.24) is 0 Å². The summed E-state index contributed by atoms with van der Waals surface area (Å²) < 4.78 is 1.03. The molecule has 0 saturated carbocycles. The molecule has 0 aliphatic carbocycles. The Kier molecular flexibility index (Phi) is 4.20. The lowest BCUT2D eigenvalue weighted by atomic mass is 9.99. The second kappa shape index (κ2) is 5.68. The molecular formula is C16H17BrO. The van der Waals surface area contributed by atoms with Crippen molar-refractivity contribution >= 4 is 15.9 Å². The summed E-state index contributed by atoms with van der Waals surface area (Å²) in [5.41, 5.74) is 4.63. The van der Waals surface area contributed by atoms with Gasteiger partial charge in [0, 0.05) is 10.9 Å². The monoisotopic (exact) mass is 304 g/mol. The van der Waals surface area contributed by atoms with Gasteiger partial charge in [0.25, 0.3) is 0 Å². The Labute approximate surface area is 117 Å². The Morgan fingerprint density at radius 2 is 1.56 bits per heavy atom. The first-order valence-corrected chi connectivity index (χ1v) is 6.84. The molecule has 2 aromatic carbocycles. The van der Waals surface area contributed by atoms with Crippen LogP contribution >= 0.6 is 15.9 Å². The molecule has 0 fully saturated rings. The molecule has 0 radical (unpaired) electrons. The number of benzene rings is 2. The van der Waals surface area contributed by atoms with Gasteiger partial charge < -0.3 is 5.11 Å². The van der Waals surface area contributed by atoms with Gasteiger partial charge >= 0.3 is 0 Å². The largest absolute Gasteiger partial charge is 0.388 e. The summed E-state index contributed by atoms with van der Waals surface area (Å²) >= 11 is 3.40. The Balaban J connectivity index is 2.15. The molecule has 18 heavy (non-hydrogen) atoms. The van der Waals surface area contributed by atoms with Crippen LogP contribution in [0.3, 0.4) is 0 Å². The van der Waals surface area contributed by atoms with E-state index in [1.165, 1.54) is 16.7 Å². The van der Waals surface area contributed by atoms with Crippen LogP contribution in [0.25, 0.3) is 0 Å². The van der Waals surface area contributed by atoms with Gasteiger partial charge in [-0.2, -0.15) is 0 Å². The lowest BCUT2D eigenvalue weighted by Gasteiger charge is -2.12. The van der Waals surface area contributed by atoms with Gasteiger partial charge in [-0.05, 0) is 37.1 Å². The highest BCUT2D eigenvalue weighted by molar-refractivity contribution is 9.10. The van der Waals surface area contributed by atoms with Crippen LogP contribution in [0.4, 0.5) is 0 Å². The molecule has 0 spiro atoms. The lowest BCUT2D eigenvalue weighted by Crippen LogP contribution is -2.02. The number of aliphatic hydroxyl groups is 1. The first-order chi connectivity index (χ1) is 8.54. The van der Waals surface area contributed by atoms with Crippen molar-refractivity contribution in [1.29, 1.82) is 0 Å². The SMILES string of the molecule is Cc1cc(C)cc(CC(O)c2ccc(Br)cc2)c1. The van der Waals surface area contributed by atoms with E-state index in [1.807, 2.05) is 24.3 Å². The fraction of sp³-hybridized carbons (Fsp3) is 0.250. The number of rotatable bonds is 3. The Morgan fingerprint density at radius 3 is 2.11 bits per heavy atom. The molecule has 0 saturated heterocycles. The van der Waals surface area contributed by atoms with Crippen LogP contribution in [0.1, 0.15) is 28.4 Å². The summed E-state index contributed by atoms with van der Waals surface area (Å²) in [6.07, 6.45) is 0.212. The maximum absolute atomic E-state index is 10.2. The van der Waals surface area contributed by atoms with Gasteiger partial charge in [0.05, 0.1) is 6.10 Å². The van der Waals surface area contributed by atoms with Crippen LogP contribution in [0.15, 0.2) is 46.9 Å². The van der Waals surface area contributed by atoms with Gasteiger partial charge in [-0.1, -0.05) is 57.4 Å². The first kappa shape index (κ1) is 13.3. The fourth-order valence-corrected chi connectivity index (χ4v) is 2.48. The molecule has 2 rings (SSSR count). The molecule has 2 aromatic rings. The number of hydrogen-bond acceptors (Lipinski definition) is 1. The quantitative estimate of drug-likeness (QED) is 0.894. The van der Waals surface area contributed by atoms with E-state index in [1.54, 1.807) is 0 Å². The molecule has 2 heteroatoms. The Bertz CT molecular complexity index is 511. The van der Waals surface area contributed by atoms with Gasteiger partial charge in [-0.3, -0.25) is 0 Å². The molecule has 1 unspecified atom stereocenters. The number of aliphatic hydroxyl groups excluding tert-OH is 1. The molecular weight excluding hydrogens is 288 g/mol. The van der Waals surface area contributed by atoms with E-state index in [0.29, 0.717) is 6.42 Å². The predicted molar refractivity (Wildman–Crippen MR) is 78.7 cm³/mol. The summed E-state index contributed by atoms with van der Waals surface area (Å²) in [6.45, 7) is 4.17. The van der Waals surface area contributed by atoms with Gasteiger partial charge in [0.1, 0.15) is 0 Å². The van der Waals surface area contributed by atoms with Gasteiger partial charge in [0.2, 0.25) is 0 Å². The topological polar surface area (TPSA) is 20.2 Å². The number of aryl methyl sites for hydroxylation is 2. The van der Waals surface area contributed by atoms with Crippen molar-refractivity contribution in [3.8, 4) is 0 Å². The maximum Gasteiger partial charge on any atom is 0.0830 e. The second-order valence-corrected chi connectivity index (χ2v) is 5.68. The van der Waals surface area contributed by atoms with Crippen LogP contribution < -0.4 is 0 Å². The highest BCUT2D eigenvalue weighted by atomic mass is 79.9. The number of halogens is 1.